The number of methoxy groups -OCH3 is 1. The number of amides is 2. The zero-order valence-electron chi connectivity index (χ0n) is 15.7. The lowest BCUT2D eigenvalue weighted by Crippen LogP contribution is -2.30. The second-order valence-electron chi connectivity index (χ2n) is 6.86. The Morgan fingerprint density at radius 1 is 1.18 bits per heavy atom. The van der Waals surface area contributed by atoms with E-state index in [2.05, 4.69) is 15.7 Å². The van der Waals surface area contributed by atoms with E-state index in [4.69, 9.17) is 10.5 Å². The number of nitrogens with one attached hydrogen (secondary N) is 2. The van der Waals surface area contributed by atoms with Gasteiger partial charge in [-0.15, -0.1) is 0 Å². The van der Waals surface area contributed by atoms with Crippen LogP contribution in [0.5, 0.6) is 5.75 Å². The lowest BCUT2D eigenvalue weighted by Gasteiger charge is -2.09. The molecule has 0 unspecified atom stereocenters. The van der Waals surface area contributed by atoms with Gasteiger partial charge in [-0.1, -0.05) is 18.2 Å². The molecule has 0 bridgehead atoms. The normalized spacial score (nSPS) is 13.2. The van der Waals surface area contributed by atoms with Crippen molar-refractivity contribution >= 4 is 17.5 Å². The van der Waals surface area contributed by atoms with E-state index in [0.717, 1.165) is 17.0 Å². The molecule has 7 nitrogen and oxygen atoms in total. The van der Waals surface area contributed by atoms with Crippen LogP contribution in [-0.4, -0.2) is 29.5 Å². The number of rotatable bonds is 6. The highest BCUT2D eigenvalue weighted by atomic mass is 16.5. The van der Waals surface area contributed by atoms with Crippen LogP contribution < -0.4 is 21.1 Å². The van der Waals surface area contributed by atoms with Gasteiger partial charge in [0.1, 0.15) is 17.1 Å². The van der Waals surface area contributed by atoms with Crippen molar-refractivity contribution in [2.24, 2.45) is 5.92 Å². The molecule has 0 atom stereocenters. The number of anilines is 2. The Morgan fingerprint density at radius 2 is 1.89 bits per heavy atom. The molecule has 0 radical (unpaired) electrons. The van der Waals surface area contributed by atoms with Gasteiger partial charge in [-0.2, -0.15) is 5.10 Å². The second-order valence-corrected chi connectivity index (χ2v) is 6.86. The smallest absolute Gasteiger partial charge is 0.319 e. The number of nitrogens with two attached hydrogens (primary N) is 1. The quantitative estimate of drug-likeness (QED) is 0.611. The zero-order chi connectivity index (χ0) is 19.5. The monoisotopic (exact) mass is 377 g/mol. The van der Waals surface area contributed by atoms with Crippen LogP contribution in [-0.2, 0) is 0 Å². The van der Waals surface area contributed by atoms with Crippen molar-refractivity contribution < 1.29 is 9.53 Å². The van der Waals surface area contributed by atoms with E-state index in [1.54, 1.807) is 11.8 Å². The molecule has 1 heterocycles. The Kier molecular flexibility index (Phi) is 4.89. The first-order valence-corrected chi connectivity index (χ1v) is 9.29. The van der Waals surface area contributed by atoms with Gasteiger partial charge in [-0.05, 0) is 55.2 Å². The molecular weight excluding hydrogens is 354 g/mol. The largest absolute Gasteiger partial charge is 0.497 e. The average molecular weight is 377 g/mol. The summed E-state index contributed by atoms with van der Waals surface area (Å²) in [5.74, 6) is 1.71. The minimum atomic E-state index is -0.277. The molecular formula is C21H23N5O2. The van der Waals surface area contributed by atoms with Gasteiger partial charge >= 0.3 is 6.03 Å². The van der Waals surface area contributed by atoms with Crippen LogP contribution in [0.3, 0.4) is 0 Å². The molecule has 2 aromatic carbocycles. The highest BCUT2D eigenvalue weighted by molar-refractivity contribution is 5.97. The highest BCUT2D eigenvalue weighted by Gasteiger charge is 2.23. The van der Waals surface area contributed by atoms with Crippen molar-refractivity contribution in [1.82, 2.24) is 15.1 Å². The molecule has 1 aliphatic carbocycles. The molecule has 2 amide bonds. The number of para-hydroxylation sites is 1. The molecule has 4 N–H and O–H groups in total. The van der Waals surface area contributed by atoms with Crippen LogP contribution in [0.4, 0.5) is 16.3 Å². The molecule has 1 aliphatic rings. The Balaban J connectivity index is 1.70. The molecule has 7 heteroatoms. The highest BCUT2D eigenvalue weighted by Crippen LogP contribution is 2.35. The van der Waals surface area contributed by atoms with E-state index >= 15 is 0 Å². The van der Waals surface area contributed by atoms with Crippen molar-refractivity contribution in [1.29, 1.82) is 0 Å². The zero-order valence-corrected chi connectivity index (χ0v) is 15.7. The predicted octanol–water partition coefficient (Wildman–Crippen LogP) is 3.66. The van der Waals surface area contributed by atoms with E-state index < -0.39 is 0 Å². The first-order valence-electron chi connectivity index (χ1n) is 9.29. The molecule has 1 fully saturated rings. The molecule has 1 saturated carbocycles. The lowest BCUT2D eigenvalue weighted by molar-refractivity contribution is 0.251. The van der Waals surface area contributed by atoms with Gasteiger partial charge in [0.25, 0.3) is 0 Å². The molecule has 28 heavy (non-hydrogen) atoms. The molecule has 0 saturated heterocycles. The Hall–Kier alpha value is -3.48. The Bertz CT molecular complexity index is 962. The number of nitrogens with zero attached hydrogens (tertiary/aromatic N) is 2. The number of nitrogen functional groups attached to an aromatic ring is 1. The van der Waals surface area contributed by atoms with E-state index in [9.17, 15) is 4.79 Å². The summed E-state index contributed by atoms with van der Waals surface area (Å²) in [6.45, 7) is 0.677. The number of carbonyl (C=O) groups is 1. The van der Waals surface area contributed by atoms with Gasteiger partial charge in [-0.3, -0.25) is 0 Å². The first-order chi connectivity index (χ1) is 13.7. The first kappa shape index (κ1) is 17.9. The maximum Gasteiger partial charge on any atom is 0.319 e. The van der Waals surface area contributed by atoms with Gasteiger partial charge in [-0.25, -0.2) is 9.48 Å². The summed E-state index contributed by atoms with van der Waals surface area (Å²) in [6, 6.07) is 16.8. The van der Waals surface area contributed by atoms with Crippen LogP contribution in [0.1, 0.15) is 12.8 Å². The van der Waals surface area contributed by atoms with Crippen LogP contribution in [0, 0.1) is 5.92 Å². The third-order valence-electron chi connectivity index (χ3n) is 4.77. The van der Waals surface area contributed by atoms with E-state index in [1.165, 1.54) is 12.8 Å². The number of ether oxygens (including phenoxy) is 1. The van der Waals surface area contributed by atoms with Crippen LogP contribution in [0.2, 0.25) is 0 Å². The third-order valence-corrected chi connectivity index (χ3v) is 4.77. The summed E-state index contributed by atoms with van der Waals surface area (Å²) in [7, 11) is 1.62. The maximum absolute atomic E-state index is 12.4. The summed E-state index contributed by atoms with van der Waals surface area (Å²) in [5.41, 5.74) is 9.12. The second kappa shape index (κ2) is 7.64. The minimum Gasteiger partial charge on any atom is -0.497 e. The number of hydrogen-bond donors (Lipinski definition) is 3. The Morgan fingerprint density at radius 3 is 2.54 bits per heavy atom. The van der Waals surface area contributed by atoms with Crippen molar-refractivity contribution in [3.05, 3.63) is 54.6 Å². The van der Waals surface area contributed by atoms with Crippen LogP contribution >= 0.6 is 0 Å². The van der Waals surface area contributed by atoms with Crippen molar-refractivity contribution in [2.45, 2.75) is 12.8 Å². The maximum atomic E-state index is 12.4. The number of hydrogen-bond acceptors (Lipinski definition) is 4. The summed E-state index contributed by atoms with van der Waals surface area (Å²) in [4.78, 5) is 12.4. The van der Waals surface area contributed by atoms with Crippen LogP contribution in [0.15, 0.2) is 54.6 Å². The fraction of sp³-hybridized carbons (Fsp3) is 0.238. The van der Waals surface area contributed by atoms with Crippen molar-refractivity contribution in [3.63, 3.8) is 0 Å². The summed E-state index contributed by atoms with van der Waals surface area (Å²) in [5, 5.41) is 10.5. The molecule has 3 aromatic rings. The fourth-order valence-electron chi connectivity index (χ4n) is 2.99. The summed E-state index contributed by atoms with van der Waals surface area (Å²) >= 11 is 0. The van der Waals surface area contributed by atoms with Gasteiger partial charge in [0.05, 0.1) is 12.8 Å². The summed E-state index contributed by atoms with van der Waals surface area (Å²) < 4.78 is 6.86. The van der Waals surface area contributed by atoms with E-state index in [0.29, 0.717) is 29.7 Å². The van der Waals surface area contributed by atoms with Gasteiger partial charge in [0.15, 0.2) is 5.82 Å². The SMILES string of the molecule is COc1ccc(-c2nn(-c3ccccc3)c(N)c2NC(=O)NCC2CC2)cc1. The molecule has 0 aliphatic heterocycles. The van der Waals surface area contributed by atoms with Crippen LogP contribution in [0.25, 0.3) is 16.9 Å². The van der Waals surface area contributed by atoms with Crippen molar-refractivity contribution in [2.75, 3.05) is 24.7 Å². The topological polar surface area (TPSA) is 94.2 Å². The molecule has 0 spiro atoms. The predicted molar refractivity (Wildman–Crippen MR) is 110 cm³/mol. The standard InChI is InChI=1S/C21H23N5O2/c1-28-17-11-9-15(10-12-17)18-19(24-21(27)23-13-14-7-8-14)20(22)26(25-18)16-5-3-2-4-6-16/h2-6,9-12,14H,7-8,13,22H2,1H3,(H2,23,24,27). The van der Waals surface area contributed by atoms with Gasteiger partial charge in [0, 0.05) is 12.1 Å². The number of benzene rings is 2. The number of aromatic nitrogens is 2. The summed E-state index contributed by atoms with van der Waals surface area (Å²) in [6.07, 6.45) is 2.34. The van der Waals surface area contributed by atoms with Crippen molar-refractivity contribution in [3.8, 4) is 22.7 Å². The van der Waals surface area contributed by atoms with Gasteiger partial charge < -0.3 is 21.1 Å². The van der Waals surface area contributed by atoms with E-state index in [-0.39, 0.29) is 6.03 Å². The lowest BCUT2D eigenvalue weighted by atomic mass is 10.1. The number of urea groups is 1. The minimum absolute atomic E-state index is 0.277. The third kappa shape index (κ3) is 3.78. The molecule has 4 rings (SSSR count). The fourth-order valence-corrected chi connectivity index (χ4v) is 2.99. The Labute approximate surface area is 163 Å². The number of carbonyl (C=O) groups excluding carboxylic acids is 1. The average Bonchev–Trinajstić information content (AvgIpc) is 3.51. The molecule has 1 aromatic heterocycles. The molecule has 144 valence electrons. The van der Waals surface area contributed by atoms with Gasteiger partial charge in [0.2, 0.25) is 0 Å². The van der Waals surface area contributed by atoms with E-state index in [1.807, 2.05) is 54.6 Å².